The van der Waals surface area contributed by atoms with Gasteiger partial charge in [0, 0.05) is 47.9 Å². The van der Waals surface area contributed by atoms with Gasteiger partial charge in [-0.15, -0.1) is 6.58 Å². The monoisotopic (exact) mass is 446 g/mol. The number of nitrogens with one attached hydrogen (secondary N) is 1. The zero-order valence-corrected chi connectivity index (χ0v) is 17.7. The van der Waals surface area contributed by atoms with E-state index in [0.717, 1.165) is 16.5 Å². The summed E-state index contributed by atoms with van der Waals surface area (Å²) >= 11 is 5.10. The summed E-state index contributed by atoms with van der Waals surface area (Å²) in [4.78, 5) is 37.1. The van der Waals surface area contributed by atoms with Crippen LogP contribution in [0, 0.1) is 10.1 Å². The highest BCUT2D eigenvalue weighted by Crippen LogP contribution is 2.26. The first-order valence-corrected chi connectivity index (χ1v) is 10.1. The van der Waals surface area contributed by atoms with Crippen LogP contribution >= 0.6 is 12.2 Å². The molecule has 32 heavy (non-hydrogen) atoms. The molecule has 0 bridgehead atoms. The Hall–Kier alpha value is -4.11. The van der Waals surface area contributed by atoms with Crippen LogP contribution in [-0.2, 0) is 16.1 Å². The van der Waals surface area contributed by atoms with E-state index >= 15 is 0 Å². The van der Waals surface area contributed by atoms with Gasteiger partial charge in [-0.1, -0.05) is 36.4 Å². The second-order valence-electron chi connectivity index (χ2n) is 7.17. The van der Waals surface area contributed by atoms with Crippen LogP contribution < -0.4 is 5.32 Å². The van der Waals surface area contributed by atoms with E-state index in [1.807, 2.05) is 35.0 Å². The third kappa shape index (κ3) is 3.93. The van der Waals surface area contributed by atoms with Gasteiger partial charge in [0.15, 0.2) is 5.11 Å². The highest BCUT2D eigenvalue weighted by molar-refractivity contribution is 7.80. The summed E-state index contributed by atoms with van der Waals surface area (Å²) in [6, 6.07) is 14.0. The Bertz CT molecular complexity index is 1310. The van der Waals surface area contributed by atoms with E-state index in [-0.39, 0.29) is 22.9 Å². The molecule has 1 aliphatic rings. The van der Waals surface area contributed by atoms with Crippen molar-refractivity contribution in [1.29, 1.82) is 0 Å². The first-order chi connectivity index (χ1) is 15.4. The van der Waals surface area contributed by atoms with E-state index in [1.54, 1.807) is 18.2 Å². The zero-order chi connectivity index (χ0) is 22.8. The van der Waals surface area contributed by atoms with Crippen molar-refractivity contribution >= 4 is 51.8 Å². The van der Waals surface area contributed by atoms with Gasteiger partial charge in [-0.05, 0) is 29.9 Å². The number of benzene rings is 2. The number of carbonyl (C=O) groups is 2. The quantitative estimate of drug-likeness (QED) is 0.156. The molecule has 0 radical (unpaired) electrons. The van der Waals surface area contributed by atoms with E-state index in [4.69, 9.17) is 12.2 Å². The van der Waals surface area contributed by atoms with E-state index < -0.39 is 16.7 Å². The van der Waals surface area contributed by atoms with Gasteiger partial charge in [-0.25, -0.2) is 0 Å². The van der Waals surface area contributed by atoms with Crippen molar-refractivity contribution in [2.75, 3.05) is 6.54 Å². The average Bonchev–Trinajstić information content (AvgIpc) is 3.12. The highest BCUT2D eigenvalue weighted by atomic mass is 32.1. The number of hydrogen-bond acceptors (Lipinski definition) is 5. The SMILES string of the molecule is C=CCN1C(=O)/C(=C/c2cn(Cc3ccc([N+](=O)[O-])cc3)c3ccccc23)C(=O)NC1=S. The number of nitro benzene ring substituents is 1. The standard InChI is InChI=1S/C23H18N4O4S/c1-2-11-26-22(29)19(21(28)24-23(26)32)12-16-14-25(20-6-4-3-5-18(16)20)13-15-7-9-17(10-8-15)27(30)31/h2-10,12,14H,1,11,13H2,(H,24,28,32)/b19-12+. The summed E-state index contributed by atoms with van der Waals surface area (Å²) < 4.78 is 1.97. The number of thiocarbonyl (C=S) groups is 1. The van der Waals surface area contributed by atoms with Crippen LogP contribution in [0.25, 0.3) is 17.0 Å². The zero-order valence-electron chi connectivity index (χ0n) is 16.9. The smallest absolute Gasteiger partial charge is 0.269 e. The van der Waals surface area contributed by atoms with E-state index in [9.17, 15) is 19.7 Å². The molecular weight excluding hydrogens is 428 g/mol. The van der Waals surface area contributed by atoms with Gasteiger partial charge < -0.3 is 4.57 Å². The Morgan fingerprint density at radius 3 is 2.53 bits per heavy atom. The van der Waals surface area contributed by atoms with Gasteiger partial charge in [0.2, 0.25) is 0 Å². The topological polar surface area (TPSA) is 97.5 Å². The van der Waals surface area contributed by atoms with Gasteiger partial charge in [-0.2, -0.15) is 0 Å². The molecule has 1 fully saturated rings. The van der Waals surface area contributed by atoms with E-state index in [1.165, 1.54) is 23.1 Å². The molecule has 1 N–H and O–H groups in total. The summed E-state index contributed by atoms with van der Waals surface area (Å²) in [5, 5.41) is 14.4. The predicted molar refractivity (Wildman–Crippen MR) is 125 cm³/mol. The molecule has 0 aliphatic carbocycles. The van der Waals surface area contributed by atoms with Crippen molar-refractivity contribution in [3.05, 3.63) is 94.2 Å². The lowest BCUT2D eigenvalue weighted by Crippen LogP contribution is -2.53. The molecule has 3 aromatic rings. The molecule has 0 saturated carbocycles. The maximum absolute atomic E-state index is 12.9. The van der Waals surface area contributed by atoms with Crippen molar-refractivity contribution in [2.24, 2.45) is 0 Å². The number of aromatic nitrogens is 1. The lowest BCUT2D eigenvalue weighted by Gasteiger charge is -2.27. The van der Waals surface area contributed by atoms with E-state index in [2.05, 4.69) is 11.9 Å². The molecule has 1 aliphatic heterocycles. The fraction of sp³-hybridized carbons (Fsp3) is 0.0870. The number of amides is 2. The normalized spacial score (nSPS) is 15.3. The predicted octanol–water partition coefficient (Wildman–Crippen LogP) is 3.41. The van der Waals surface area contributed by atoms with Crippen LogP contribution in [0.15, 0.2) is 73.0 Å². The maximum Gasteiger partial charge on any atom is 0.269 e. The Kier molecular flexibility index (Phi) is 5.65. The number of nitro groups is 1. The van der Waals surface area contributed by atoms with Gasteiger partial charge in [0.1, 0.15) is 5.57 Å². The first-order valence-electron chi connectivity index (χ1n) is 9.70. The fourth-order valence-corrected chi connectivity index (χ4v) is 3.84. The highest BCUT2D eigenvalue weighted by Gasteiger charge is 2.32. The largest absolute Gasteiger partial charge is 0.342 e. The Labute approximate surface area is 188 Å². The second-order valence-corrected chi connectivity index (χ2v) is 7.56. The minimum Gasteiger partial charge on any atom is -0.342 e. The summed E-state index contributed by atoms with van der Waals surface area (Å²) in [6.45, 7) is 4.28. The van der Waals surface area contributed by atoms with Crippen LogP contribution in [0.1, 0.15) is 11.1 Å². The van der Waals surface area contributed by atoms with Crippen LogP contribution in [0.4, 0.5) is 5.69 Å². The first kappa shape index (κ1) is 21.1. The molecule has 2 amide bonds. The lowest BCUT2D eigenvalue weighted by atomic mass is 10.1. The van der Waals surface area contributed by atoms with Crippen molar-refractivity contribution < 1.29 is 14.5 Å². The van der Waals surface area contributed by atoms with Crippen molar-refractivity contribution in [2.45, 2.75) is 6.54 Å². The van der Waals surface area contributed by atoms with Gasteiger partial charge in [0.05, 0.1) is 4.92 Å². The second kappa shape index (κ2) is 8.56. The van der Waals surface area contributed by atoms with Crippen LogP contribution in [0.2, 0.25) is 0 Å². The number of fused-ring (bicyclic) bond motifs is 1. The summed E-state index contributed by atoms with van der Waals surface area (Å²) in [5.41, 5.74) is 2.50. The van der Waals surface area contributed by atoms with E-state index in [0.29, 0.717) is 12.1 Å². The van der Waals surface area contributed by atoms with Crippen LogP contribution in [0.3, 0.4) is 0 Å². The van der Waals surface area contributed by atoms with Gasteiger partial charge in [-0.3, -0.25) is 29.9 Å². The number of carbonyl (C=O) groups excluding carboxylic acids is 2. The molecule has 4 rings (SSSR count). The Morgan fingerprint density at radius 1 is 1.12 bits per heavy atom. The number of non-ortho nitro benzene ring substituents is 1. The molecule has 8 nitrogen and oxygen atoms in total. The number of nitrogens with zero attached hydrogens (tertiary/aromatic N) is 3. The molecule has 9 heteroatoms. The van der Waals surface area contributed by atoms with Crippen LogP contribution in [-0.4, -0.2) is 37.9 Å². The van der Waals surface area contributed by atoms with Gasteiger partial charge >= 0.3 is 0 Å². The molecule has 0 spiro atoms. The lowest BCUT2D eigenvalue weighted by molar-refractivity contribution is -0.384. The Balaban J connectivity index is 1.73. The molecule has 0 unspecified atom stereocenters. The number of para-hydroxylation sites is 1. The third-order valence-corrected chi connectivity index (χ3v) is 5.44. The summed E-state index contributed by atoms with van der Waals surface area (Å²) in [7, 11) is 0. The molecule has 0 atom stereocenters. The van der Waals surface area contributed by atoms with Crippen molar-refractivity contribution in [3.63, 3.8) is 0 Å². The van der Waals surface area contributed by atoms with Crippen molar-refractivity contribution in [3.8, 4) is 0 Å². The number of rotatable bonds is 6. The fourth-order valence-electron chi connectivity index (χ4n) is 3.59. The molecule has 1 aromatic heterocycles. The minimum atomic E-state index is -0.549. The molecule has 1 saturated heterocycles. The Morgan fingerprint density at radius 2 is 1.84 bits per heavy atom. The molecule has 160 valence electrons. The minimum absolute atomic E-state index is 0.0151. The van der Waals surface area contributed by atoms with Crippen molar-refractivity contribution in [1.82, 2.24) is 14.8 Å². The third-order valence-electron chi connectivity index (χ3n) is 5.12. The average molecular weight is 446 g/mol. The maximum atomic E-state index is 12.9. The number of hydrogen-bond donors (Lipinski definition) is 1. The van der Waals surface area contributed by atoms with Crippen LogP contribution in [0.5, 0.6) is 0 Å². The van der Waals surface area contributed by atoms with Gasteiger partial charge in [0.25, 0.3) is 17.5 Å². The molecule has 2 aromatic carbocycles. The summed E-state index contributed by atoms with van der Waals surface area (Å²) in [6.07, 6.45) is 4.95. The summed E-state index contributed by atoms with van der Waals surface area (Å²) in [5.74, 6) is -1.03. The molecular formula is C23H18N4O4S. The molecule has 2 heterocycles.